The first-order chi connectivity index (χ1) is 7.56. The highest BCUT2D eigenvalue weighted by Crippen LogP contribution is 2.22. The van der Waals surface area contributed by atoms with E-state index >= 15 is 0 Å². The molecule has 0 aliphatic rings. The van der Waals surface area contributed by atoms with E-state index in [1.807, 2.05) is 23.8 Å². The van der Waals surface area contributed by atoms with Crippen molar-refractivity contribution < 1.29 is 5.11 Å². The quantitative estimate of drug-likeness (QED) is 0.768. The Morgan fingerprint density at radius 2 is 2.31 bits per heavy atom. The zero-order valence-electron chi connectivity index (χ0n) is 10.5. The number of unbranched alkanes of at least 4 members (excludes halogenated alkanes) is 1. The van der Waals surface area contributed by atoms with Crippen LogP contribution in [0.25, 0.3) is 0 Å². The van der Waals surface area contributed by atoms with Gasteiger partial charge in [-0.1, -0.05) is 19.8 Å². The highest BCUT2D eigenvalue weighted by atomic mass is 32.1. The maximum atomic E-state index is 10.3. The number of hydrogen-bond acceptors (Lipinski definition) is 3. The van der Waals surface area contributed by atoms with Gasteiger partial charge >= 0.3 is 0 Å². The predicted octanol–water partition coefficient (Wildman–Crippen LogP) is 3.12. The highest BCUT2D eigenvalue weighted by molar-refractivity contribution is 7.08. The SMILES string of the molecule is CCCCC(C)NCC(C)(O)c1ccsc1. The monoisotopic (exact) mass is 241 g/mol. The van der Waals surface area contributed by atoms with Crippen molar-refractivity contribution in [2.75, 3.05) is 6.54 Å². The zero-order chi connectivity index (χ0) is 12.0. The average Bonchev–Trinajstić information content (AvgIpc) is 2.77. The average molecular weight is 241 g/mol. The van der Waals surface area contributed by atoms with Gasteiger partial charge < -0.3 is 10.4 Å². The van der Waals surface area contributed by atoms with Gasteiger partial charge in [-0.15, -0.1) is 0 Å². The summed E-state index contributed by atoms with van der Waals surface area (Å²) in [5, 5.41) is 17.7. The lowest BCUT2D eigenvalue weighted by Gasteiger charge is -2.25. The molecule has 1 aromatic rings. The molecule has 0 amide bonds. The van der Waals surface area contributed by atoms with E-state index in [-0.39, 0.29) is 0 Å². The molecule has 0 radical (unpaired) electrons. The van der Waals surface area contributed by atoms with Gasteiger partial charge in [0.1, 0.15) is 0 Å². The number of aliphatic hydroxyl groups is 1. The van der Waals surface area contributed by atoms with Crippen LogP contribution in [0.5, 0.6) is 0 Å². The first-order valence-corrected chi connectivity index (χ1v) is 6.99. The Bertz CT molecular complexity index is 282. The van der Waals surface area contributed by atoms with Crippen LogP contribution >= 0.6 is 11.3 Å². The molecule has 1 heterocycles. The lowest BCUT2D eigenvalue weighted by Crippen LogP contribution is -2.39. The number of hydrogen-bond donors (Lipinski definition) is 2. The Labute approximate surface area is 103 Å². The molecule has 16 heavy (non-hydrogen) atoms. The molecule has 0 saturated carbocycles. The van der Waals surface area contributed by atoms with E-state index in [9.17, 15) is 5.11 Å². The van der Waals surface area contributed by atoms with E-state index in [1.54, 1.807) is 11.3 Å². The molecule has 1 aromatic heterocycles. The summed E-state index contributed by atoms with van der Waals surface area (Å²) in [6, 6.07) is 2.47. The van der Waals surface area contributed by atoms with Gasteiger partial charge in [-0.25, -0.2) is 0 Å². The summed E-state index contributed by atoms with van der Waals surface area (Å²) in [5.41, 5.74) is 0.258. The van der Waals surface area contributed by atoms with E-state index in [4.69, 9.17) is 0 Å². The van der Waals surface area contributed by atoms with Crippen LogP contribution in [0.1, 0.15) is 45.6 Å². The van der Waals surface area contributed by atoms with Crippen LogP contribution in [0.3, 0.4) is 0 Å². The van der Waals surface area contributed by atoms with Gasteiger partial charge in [0.05, 0.1) is 5.60 Å². The van der Waals surface area contributed by atoms with Crippen LogP contribution in [0.2, 0.25) is 0 Å². The summed E-state index contributed by atoms with van der Waals surface area (Å²) >= 11 is 1.63. The first-order valence-electron chi connectivity index (χ1n) is 6.04. The summed E-state index contributed by atoms with van der Waals surface area (Å²) < 4.78 is 0. The standard InChI is InChI=1S/C13H23NOS/c1-4-5-6-11(2)14-10-13(3,15)12-7-8-16-9-12/h7-9,11,14-15H,4-6,10H2,1-3H3. The summed E-state index contributed by atoms with van der Waals surface area (Å²) in [7, 11) is 0. The fourth-order valence-electron chi connectivity index (χ4n) is 1.66. The minimum atomic E-state index is -0.750. The van der Waals surface area contributed by atoms with Gasteiger partial charge in [0.25, 0.3) is 0 Å². The van der Waals surface area contributed by atoms with Crippen molar-refractivity contribution in [3.05, 3.63) is 22.4 Å². The van der Waals surface area contributed by atoms with Crippen molar-refractivity contribution in [2.45, 2.75) is 51.7 Å². The van der Waals surface area contributed by atoms with Crippen molar-refractivity contribution in [2.24, 2.45) is 0 Å². The van der Waals surface area contributed by atoms with Crippen molar-refractivity contribution >= 4 is 11.3 Å². The Morgan fingerprint density at radius 1 is 1.56 bits per heavy atom. The van der Waals surface area contributed by atoms with Crippen LogP contribution in [0.15, 0.2) is 16.8 Å². The number of rotatable bonds is 7. The molecular formula is C13H23NOS. The molecule has 0 aromatic carbocycles. The Hall–Kier alpha value is -0.380. The molecule has 1 rings (SSSR count). The van der Waals surface area contributed by atoms with Gasteiger partial charge in [-0.2, -0.15) is 11.3 Å². The molecule has 0 spiro atoms. The molecule has 0 aliphatic heterocycles. The minimum absolute atomic E-state index is 0.477. The maximum Gasteiger partial charge on any atom is 0.1000 e. The van der Waals surface area contributed by atoms with Crippen molar-refractivity contribution in [3.63, 3.8) is 0 Å². The van der Waals surface area contributed by atoms with Crippen LogP contribution in [-0.4, -0.2) is 17.7 Å². The van der Waals surface area contributed by atoms with E-state index in [2.05, 4.69) is 19.2 Å². The lowest BCUT2D eigenvalue weighted by molar-refractivity contribution is 0.0544. The van der Waals surface area contributed by atoms with Crippen molar-refractivity contribution in [1.29, 1.82) is 0 Å². The Morgan fingerprint density at radius 3 is 2.88 bits per heavy atom. The second kappa shape index (κ2) is 6.38. The number of thiophene rings is 1. The van der Waals surface area contributed by atoms with Gasteiger partial charge in [-0.05, 0) is 42.7 Å². The highest BCUT2D eigenvalue weighted by Gasteiger charge is 2.23. The van der Waals surface area contributed by atoms with Crippen LogP contribution in [0.4, 0.5) is 0 Å². The van der Waals surface area contributed by atoms with Crippen molar-refractivity contribution in [3.8, 4) is 0 Å². The second-order valence-corrected chi connectivity index (χ2v) is 5.49. The van der Waals surface area contributed by atoms with Crippen LogP contribution in [0, 0.1) is 0 Å². The third kappa shape index (κ3) is 4.24. The summed E-state index contributed by atoms with van der Waals surface area (Å²) in [5.74, 6) is 0. The van der Waals surface area contributed by atoms with E-state index < -0.39 is 5.60 Å². The van der Waals surface area contributed by atoms with Gasteiger partial charge in [-0.3, -0.25) is 0 Å². The Kier molecular flexibility index (Phi) is 5.46. The van der Waals surface area contributed by atoms with Crippen LogP contribution < -0.4 is 5.32 Å². The molecule has 0 fully saturated rings. The molecule has 92 valence electrons. The van der Waals surface area contributed by atoms with E-state index in [1.165, 1.54) is 19.3 Å². The third-order valence-electron chi connectivity index (χ3n) is 2.93. The molecule has 2 atom stereocenters. The minimum Gasteiger partial charge on any atom is -0.384 e. The predicted molar refractivity (Wildman–Crippen MR) is 70.9 cm³/mol. The van der Waals surface area contributed by atoms with Gasteiger partial charge in [0, 0.05) is 12.6 Å². The first kappa shape index (κ1) is 13.7. The molecule has 3 heteroatoms. The van der Waals surface area contributed by atoms with E-state index in [0.29, 0.717) is 12.6 Å². The normalized spacial score (nSPS) is 17.0. The molecule has 0 saturated heterocycles. The largest absolute Gasteiger partial charge is 0.384 e. The van der Waals surface area contributed by atoms with Gasteiger partial charge in [0.15, 0.2) is 0 Å². The summed E-state index contributed by atoms with van der Waals surface area (Å²) in [6.45, 7) is 6.87. The second-order valence-electron chi connectivity index (χ2n) is 4.71. The maximum absolute atomic E-state index is 10.3. The molecule has 0 aliphatic carbocycles. The molecular weight excluding hydrogens is 218 g/mol. The summed E-state index contributed by atoms with van der Waals surface area (Å²) in [4.78, 5) is 0. The Balaban J connectivity index is 2.36. The zero-order valence-corrected chi connectivity index (χ0v) is 11.3. The van der Waals surface area contributed by atoms with Gasteiger partial charge in [0.2, 0.25) is 0 Å². The molecule has 2 N–H and O–H groups in total. The number of nitrogens with one attached hydrogen (secondary N) is 1. The molecule has 0 bridgehead atoms. The fourth-order valence-corrected chi connectivity index (χ4v) is 2.44. The van der Waals surface area contributed by atoms with Crippen LogP contribution in [-0.2, 0) is 5.60 Å². The smallest absolute Gasteiger partial charge is 0.1000 e. The molecule has 2 nitrogen and oxygen atoms in total. The fraction of sp³-hybridized carbons (Fsp3) is 0.692. The lowest BCUT2D eigenvalue weighted by atomic mass is 9.98. The van der Waals surface area contributed by atoms with Crippen molar-refractivity contribution in [1.82, 2.24) is 5.32 Å². The summed E-state index contributed by atoms with van der Waals surface area (Å²) in [6.07, 6.45) is 3.65. The molecule has 2 unspecified atom stereocenters. The third-order valence-corrected chi connectivity index (χ3v) is 3.61. The topological polar surface area (TPSA) is 32.3 Å². The van der Waals surface area contributed by atoms with E-state index in [0.717, 1.165) is 5.56 Å².